The molecule has 0 saturated carbocycles. The van der Waals surface area contributed by atoms with E-state index in [-0.39, 0.29) is 17.5 Å². The van der Waals surface area contributed by atoms with Gasteiger partial charge in [0.25, 0.3) is 0 Å². The van der Waals surface area contributed by atoms with Gasteiger partial charge in [-0.15, -0.1) is 0 Å². The molecule has 0 aromatic rings. The van der Waals surface area contributed by atoms with Gasteiger partial charge in [-0.2, -0.15) is 0 Å². The Hall–Kier alpha value is -0.240. The fourth-order valence-electron chi connectivity index (χ4n) is 2.49. The van der Waals surface area contributed by atoms with E-state index in [1.165, 1.54) is 0 Å². The minimum Gasteiger partial charge on any atom is -0.392 e. The molecule has 0 bridgehead atoms. The number of nitrogens with zero attached hydrogens (tertiary/aromatic N) is 2. The van der Waals surface area contributed by atoms with Crippen molar-refractivity contribution in [1.82, 2.24) is 9.80 Å². The minimum atomic E-state index is -2.87. The van der Waals surface area contributed by atoms with Gasteiger partial charge in [0.2, 0.25) is 0 Å². The molecule has 118 valence electrons. The highest BCUT2D eigenvalue weighted by Crippen LogP contribution is 2.12. The van der Waals surface area contributed by atoms with Gasteiger partial charge in [0.15, 0.2) is 9.84 Å². The molecule has 1 aliphatic heterocycles. The zero-order chi connectivity index (χ0) is 15.2. The molecule has 1 atom stereocenters. The van der Waals surface area contributed by atoms with Crippen molar-refractivity contribution in [3.05, 3.63) is 0 Å². The highest BCUT2D eigenvalue weighted by atomic mass is 32.2. The maximum atomic E-state index is 11.5. The molecule has 1 unspecified atom stereocenters. The van der Waals surface area contributed by atoms with E-state index in [9.17, 15) is 8.42 Å². The molecule has 0 aromatic carbocycles. The van der Waals surface area contributed by atoms with Crippen LogP contribution in [0.25, 0.3) is 0 Å². The van der Waals surface area contributed by atoms with Crippen LogP contribution in [0.4, 0.5) is 0 Å². The molecule has 0 aromatic heterocycles. The zero-order valence-electron chi connectivity index (χ0n) is 12.5. The van der Waals surface area contributed by atoms with E-state index in [4.69, 9.17) is 18.0 Å². The Kier molecular flexibility index (Phi) is 7.36. The standard InChI is InChI=1S/C13H27N3O2S2/c1-3-5-12(13(14)19)16-8-6-15(7-9-16)10-11-20(17,18)4-2/h12H,3-11H2,1-2H3,(H2,14,19). The van der Waals surface area contributed by atoms with E-state index in [0.29, 0.717) is 11.5 Å². The first-order valence-corrected chi connectivity index (χ1v) is 9.58. The highest BCUT2D eigenvalue weighted by molar-refractivity contribution is 7.91. The summed E-state index contributed by atoms with van der Waals surface area (Å²) < 4.78 is 23.0. The van der Waals surface area contributed by atoms with Gasteiger partial charge in [-0.25, -0.2) is 8.42 Å². The summed E-state index contributed by atoms with van der Waals surface area (Å²) in [5.41, 5.74) is 5.82. The molecule has 1 rings (SSSR count). The summed E-state index contributed by atoms with van der Waals surface area (Å²) in [5.74, 6) is 0.490. The molecule has 1 heterocycles. The smallest absolute Gasteiger partial charge is 0.151 e. The maximum Gasteiger partial charge on any atom is 0.151 e. The predicted molar refractivity (Wildman–Crippen MR) is 87.8 cm³/mol. The van der Waals surface area contributed by atoms with Crippen molar-refractivity contribution in [2.75, 3.05) is 44.2 Å². The average Bonchev–Trinajstić information content (AvgIpc) is 2.43. The third-order valence-electron chi connectivity index (χ3n) is 3.90. The zero-order valence-corrected chi connectivity index (χ0v) is 14.2. The maximum absolute atomic E-state index is 11.5. The van der Waals surface area contributed by atoms with Crippen molar-refractivity contribution >= 4 is 27.0 Å². The molecule has 1 saturated heterocycles. The first-order chi connectivity index (χ1) is 9.39. The number of piperazine rings is 1. The second-order valence-electron chi connectivity index (χ2n) is 5.32. The lowest BCUT2D eigenvalue weighted by Gasteiger charge is -2.38. The van der Waals surface area contributed by atoms with Gasteiger partial charge in [0, 0.05) is 38.5 Å². The van der Waals surface area contributed by atoms with E-state index in [0.717, 1.165) is 39.0 Å². The molecule has 0 radical (unpaired) electrons. The second kappa shape index (κ2) is 8.26. The van der Waals surface area contributed by atoms with Crippen LogP contribution in [-0.2, 0) is 9.84 Å². The van der Waals surface area contributed by atoms with Crippen LogP contribution in [0.15, 0.2) is 0 Å². The number of nitrogens with two attached hydrogens (primary N) is 1. The van der Waals surface area contributed by atoms with Gasteiger partial charge in [-0.3, -0.25) is 9.80 Å². The van der Waals surface area contributed by atoms with Gasteiger partial charge in [0.05, 0.1) is 16.8 Å². The Morgan fingerprint density at radius 1 is 1.25 bits per heavy atom. The third-order valence-corrected chi connectivity index (χ3v) is 5.85. The van der Waals surface area contributed by atoms with E-state index >= 15 is 0 Å². The molecular formula is C13H27N3O2S2. The summed E-state index contributed by atoms with van der Waals surface area (Å²) in [6.45, 7) is 8.07. The highest BCUT2D eigenvalue weighted by Gasteiger charge is 2.25. The van der Waals surface area contributed by atoms with Crippen molar-refractivity contribution in [2.24, 2.45) is 5.73 Å². The van der Waals surface area contributed by atoms with Crippen molar-refractivity contribution < 1.29 is 8.42 Å². The van der Waals surface area contributed by atoms with E-state index in [1.54, 1.807) is 6.92 Å². The van der Waals surface area contributed by atoms with Crippen LogP contribution in [0.5, 0.6) is 0 Å². The lowest BCUT2D eigenvalue weighted by molar-refractivity contribution is 0.119. The van der Waals surface area contributed by atoms with Crippen molar-refractivity contribution in [3.63, 3.8) is 0 Å². The predicted octanol–water partition coefficient (Wildman–Crippen LogP) is 0.494. The quantitative estimate of drug-likeness (QED) is 0.657. The topological polar surface area (TPSA) is 66.6 Å². The molecular weight excluding hydrogens is 294 g/mol. The van der Waals surface area contributed by atoms with Crippen molar-refractivity contribution in [3.8, 4) is 0 Å². The number of hydrogen-bond donors (Lipinski definition) is 1. The molecule has 1 fully saturated rings. The molecule has 0 amide bonds. The summed E-state index contributed by atoms with van der Waals surface area (Å²) in [6.07, 6.45) is 2.07. The Labute approximate surface area is 128 Å². The first kappa shape index (κ1) is 17.8. The molecule has 2 N–H and O–H groups in total. The fourth-order valence-corrected chi connectivity index (χ4v) is 3.58. The number of thiocarbonyl (C=S) groups is 1. The molecule has 1 aliphatic rings. The minimum absolute atomic E-state index is 0.191. The van der Waals surface area contributed by atoms with E-state index in [2.05, 4.69) is 16.7 Å². The monoisotopic (exact) mass is 321 g/mol. The Morgan fingerprint density at radius 3 is 2.30 bits per heavy atom. The lowest BCUT2D eigenvalue weighted by Crippen LogP contribution is -2.54. The summed E-state index contributed by atoms with van der Waals surface area (Å²) in [5, 5.41) is 0. The Morgan fingerprint density at radius 2 is 1.85 bits per heavy atom. The van der Waals surface area contributed by atoms with Gasteiger partial charge in [-0.05, 0) is 6.42 Å². The average molecular weight is 322 g/mol. The second-order valence-corrected chi connectivity index (χ2v) is 8.26. The first-order valence-electron chi connectivity index (χ1n) is 7.35. The number of hydrogen-bond acceptors (Lipinski definition) is 5. The Bertz CT molecular complexity index is 404. The van der Waals surface area contributed by atoms with Crippen LogP contribution in [0.1, 0.15) is 26.7 Å². The molecule has 20 heavy (non-hydrogen) atoms. The van der Waals surface area contributed by atoms with Crippen LogP contribution < -0.4 is 5.73 Å². The van der Waals surface area contributed by atoms with E-state index in [1.807, 2.05) is 0 Å². The number of rotatable bonds is 8. The molecule has 0 spiro atoms. The van der Waals surface area contributed by atoms with Crippen LogP contribution in [-0.4, -0.2) is 73.5 Å². The molecule has 0 aliphatic carbocycles. The SMILES string of the molecule is CCCC(C(N)=S)N1CCN(CCS(=O)(=O)CC)CC1. The Balaban J connectivity index is 2.41. The van der Waals surface area contributed by atoms with Crippen LogP contribution in [0, 0.1) is 0 Å². The van der Waals surface area contributed by atoms with Crippen molar-refractivity contribution in [1.29, 1.82) is 0 Å². The van der Waals surface area contributed by atoms with Crippen LogP contribution in [0.3, 0.4) is 0 Å². The van der Waals surface area contributed by atoms with Gasteiger partial charge >= 0.3 is 0 Å². The van der Waals surface area contributed by atoms with Crippen LogP contribution >= 0.6 is 12.2 Å². The fraction of sp³-hybridized carbons (Fsp3) is 0.923. The van der Waals surface area contributed by atoms with Crippen molar-refractivity contribution in [2.45, 2.75) is 32.7 Å². The van der Waals surface area contributed by atoms with Crippen LogP contribution in [0.2, 0.25) is 0 Å². The van der Waals surface area contributed by atoms with Gasteiger partial charge in [-0.1, -0.05) is 32.5 Å². The van der Waals surface area contributed by atoms with E-state index < -0.39 is 9.84 Å². The summed E-state index contributed by atoms with van der Waals surface area (Å²) in [6, 6.07) is 0.191. The largest absolute Gasteiger partial charge is 0.392 e. The summed E-state index contributed by atoms with van der Waals surface area (Å²) in [4.78, 5) is 5.12. The molecule has 7 heteroatoms. The van der Waals surface area contributed by atoms with Gasteiger partial charge < -0.3 is 5.73 Å². The normalized spacial score (nSPS) is 19.9. The van der Waals surface area contributed by atoms with Gasteiger partial charge in [0.1, 0.15) is 0 Å². The molecule has 5 nitrogen and oxygen atoms in total. The summed E-state index contributed by atoms with van der Waals surface area (Å²) in [7, 11) is -2.87. The third kappa shape index (κ3) is 5.63. The lowest BCUT2D eigenvalue weighted by atomic mass is 10.1. The number of sulfone groups is 1. The summed E-state index contributed by atoms with van der Waals surface area (Å²) >= 11 is 5.15.